The molecule has 0 aromatic rings. The van der Waals surface area contributed by atoms with Gasteiger partial charge in [-0.25, -0.2) is 8.42 Å². The number of hydrogen-bond donors (Lipinski definition) is 0. The van der Waals surface area contributed by atoms with Gasteiger partial charge in [0.1, 0.15) is 0 Å². The quantitative estimate of drug-likeness (QED) is 0.353. The summed E-state index contributed by atoms with van der Waals surface area (Å²) in [7, 11) is -1.23. The standard InChI is InChI=1S/C10H19IO5S/c1-14-3-2-4-15-5-6-16-10-8-17(12,13)7-9(10)11/h9-10H,2-8H2,1H3. The zero-order chi connectivity index (χ0) is 12.7. The molecule has 0 spiro atoms. The number of hydrogen-bond acceptors (Lipinski definition) is 5. The molecule has 1 rings (SSSR count). The van der Waals surface area contributed by atoms with E-state index in [4.69, 9.17) is 14.2 Å². The maximum Gasteiger partial charge on any atom is 0.154 e. The largest absolute Gasteiger partial charge is 0.385 e. The first kappa shape index (κ1) is 15.6. The number of ether oxygens (including phenoxy) is 3. The molecule has 0 amide bonds. The van der Waals surface area contributed by atoms with E-state index in [9.17, 15) is 8.42 Å². The zero-order valence-electron chi connectivity index (χ0n) is 9.93. The van der Waals surface area contributed by atoms with E-state index in [1.807, 2.05) is 0 Å². The average Bonchev–Trinajstić information content (AvgIpc) is 2.51. The maximum atomic E-state index is 11.3. The molecule has 7 heteroatoms. The first-order valence-corrected chi connectivity index (χ1v) is 8.64. The topological polar surface area (TPSA) is 61.8 Å². The van der Waals surface area contributed by atoms with Crippen LogP contribution >= 0.6 is 22.6 Å². The van der Waals surface area contributed by atoms with Crippen molar-refractivity contribution >= 4 is 32.4 Å². The van der Waals surface area contributed by atoms with Crippen molar-refractivity contribution in [2.45, 2.75) is 16.4 Å². The van der Waals surface area contributed by atoms with Crippen LogP contribution in [0.25, 0.3) is 0 Å². The van der Waals surface area contributed by atoms with Crippen molar-refractivity contribution in [2.24, 2.45) is 0 Å². The molecule has 0 saturated carbocycles. The SMILES string of the molecule is COCCCOCCOC1CS(=O)(=O)CC1I. The number of halogens is 1. The molecule has 1 saturated heterocycles. The Bertz CT molecular complexity index is 306. The van der Waals surface area contributed by atoms with Gasteiger partial charge in [-0.15, -0.1) is 0 Å². The first-order chi connectivity index (χ1) is 8.05. The van der Waals surface area contributed by atoms with Crippen LogP contribution in [0.2, 0.25) is 0 Å². The molecule has 102 valence electrons. The van der Waals surface area contributed by atoms with E-state index in [2.05, 4.69) is 22.6 Å². The second kappa shape index (κ2) is 7.88. The van der Waals surface area contributed by atoms with Crippen molar-refractivity contribution in [1.29, 1.82) is 0 Å². The van der Waals surface area contributed by atoms with E-state index in [0.717, 1.165) is 6.42 Å². The predicted octanol–water partition coefficient (Wildman–Crippen LogP) is 0.657. The maximum absolute atomic E-state index is 11.3. The molecular formula is C10H19IO5S. The lowest BCUT2D eigenvalue weighted by molar-refractivity contribution is 0.0142. The molecule has 17 heavy (non-hydrogen) atoms. The van der Waals surface area contributed by atoms with Gasteiger partial charge in [0.25, 0.3) is 0 Å². The van der Waals surface area contributed by atoms with Gasteiger partial charge in [-0.3, -0.25) is 0 Å². The third-order valence-electron chi connectivity index (χ3n) is 2.43. The Morgan fingerprint density at radius 2 is 1.94 bits per heavy atom. The Morgan fingerprint density at radius 1 is 1.18 bits per heavy atom. The fourth-order valence-corrected chi connectivity index (χ4v) is 5.71. The highest BCUT2D eigenvalue weighted by Crippen LogP contribution is 2.22. The molecule has 2 atom stereocenters. The molecule has 0 aliphatic carbocycles. The van der Waals surface area contributed by atoms with Gasteiger partial charge < -0.3 is 14.2 Å². The van der Waals surface area contributed by atoms with E-state index in [1.165, 1.54) is 0 Å². The van der Waals surface area contributed by atoms with Crippen LogP contribution < -0.4 is 0 Å². The van der Waals surface area contributed by atoms with Crippen LogP contribution in [0.3, 0.4) is 0 Å². The summed E-state index contributed by atoms with van der Waals surface area (Å²) in [4.78, 5) is 0. The van der Waals surface area contributed by atoms with E-state index >= 15 is 0 Å². The lowest BCUT2D eigenvalue weighted by Crippen LogP contribution is -2.24. The second-order valence-corrected chi connectivity index (χ2v) is 7.71. The van der Waals surface area contributed by atoms with Crippen LogP contribution in [0, 0.1) is 0 Å². The zero-order valence-corrected chi connectivity index (χ0v) is 12.9. The van der Waals surface area contributed by atoms with Crippen molar-refractivity contribution in [3.8, 4) is 0 Å². The minimum Gasteiger partial charge on any atom is -0.385 e. The van der Waals surface area contributed by atoms with Crippen molar-refractivity contribution in [3.63, 3.8) is 0 Å². The molecule has 0 aromatic heterocycles. The molecule has 0 radical (unpaired) electrons. The number of methoxy groups -OCH3 is 1. The summed E-state index contributed by atoms with van der Waals surface area (Å²) in [6, 6.07) is 0. The van der Waals surface area contributed by atoms with Gasteiger partial charge in [0.2, 0.25) is 0 Å². The van der Waals surface area contributed by atoms with E-state index in [1.54, 1.807) is 7.11 Å². The summed E-state index contributed by atoms with van der Waals surface area (Å²) in [6.45, 7) is 2.29. The van der Waals surface area contributed by atoms with Crippen molar-refractivity contribution in [3.05, 3.63) is 0 Å². The molecular weight excluding hydrogens is 359 g/mol. The normalized spacial score (nSPS) is 27.4. The van der Waals surface area contributed by atoms with Gasteiger partial charge in [-0.05, 0) is 6.42 Å². The highest BCUT2D eigenvalue weighted by Gasteiger charge is 2.36. The molecule has 0 N–H and O–H groups in total. The smallest absolute Gasteiger partial charge is 0.154 e. The Kier molecular flexibility index (Phi) is 7.24. The highest BCUT2D eigenvalue weighted by atomic mass is 127. The molecule has 2 unspecified atom stereocenters. The third-order valence-corrected chi connectivity index (χ3v) is 5.98. The van der Waals surface area contributed by atoms with Gasteiger partial charge in [-0.1, -0.05) is 22.6 Å². The van der Waals surface area contributed by atoms with E-state index < -0.39 is 9.84 Å². The molecule has 1 aliphatic heterocycles. The summed E-state index contributed by atoms with van der Waals surface area (Å²) >= 11 is 2.14. The van der Waals surface area contributed by atoms with Gasteiger partial charge >= 0.3 is 0 Å². The van der Waals surface area contributed by atoms with Gasteiger partial charge in [0, 0.05) is 20.3 Å². The van der Waals surface area contributed by atoms with Crippen LogP contribution in [0.1, 0.15) is 6.42 Å². The van der Waals surface area contributed by atoms with Crippen molar-refractivity contribution in [2.75, 3.05) is 45.0 Å². The fourth-order valence-electron chi connectivity index (χ4n) is 1.59. The fraction of sp³-hybridized carbons (Fsp3) is 1.00. The number of alkyl halides is 1. The summed E-state index contributed by atoms with van der Waals surface area (Å²) in [5.41, 5.74) is 0. The molecule has 0 bridgehead atoms. The van der Waals surface area contributed by atoms with Gasteiger partial charge in [0.05, 0.1) is 34.7 Å². The lowest BCUT2D eigenvalue weighted by atomic mass is 10.3. The minimum absolute atomic E-state index is 0.0612. The minimum atomic E-state index is -2.89. The number of sulfone groups is 1. The summed E-state index contributed by atoms with van der Waals surface area (Å²) in [6.07, 6.45) is 0.687. The highest BCUT2D eigenvalue weighted by molar-refractivity contribution is 14.1. The Labute approximate surface area is 116 Å². The summed E-state index contributed by atoms with van der Waals surface area (Å²) in [5, 5.41) is 0. The molecule has 0 aromatic carbocycles. The van der Waals surface area contributed by atoms with E-state index in [0.29, 0.717) is 26.4 Å². The third kappa shape index (κ3) is 6.32. The molecule has 1 fully saturated rings. The lowest BCUT2D eigenvalue weighted by Gasteiger charge is -2.13. The van der Waals surface area contributed by atoms with Crippen LogP contribution in [0.5, 0.6) is 0 Å². The van der Waals surface area contributed by atoms with Crippen LogP contribution in [-0.2, 0) is 24.0 Å². The average molecular weight is 378 g/mol. The summed E-state index contributed by atoms with van der Waals surface area (Å²) < 4.78 is 38.4. The van der Waals surface area contributed by atoms with Crippen molar-refractivity contribution in [1.82, 2.24) is 0 Å². The molecule has 1 heterocycles. The monoisotopic (exact) mass is 378 g/mol. The van der Waals surface area contributed by atoms with Gasteiger partial charge in [0.15, 0.2) is 9.84 Å². The summed E-state index contributed by atoms with van der Waals surface area (Å²) in [5.74, 6) is 0.372. The molecule has 5 nitrogen and oxygen atoms in total. The van der Waals surface area contributed by atoms with E-state index in [-0.39, 0.29) is 21.5 Å². The van der Waals surface area contributed by atoms with Crippen LogP contribution in [0.15, 0.2) is 0 Å². The predicted molar refractivity (Wildman–Crippen MR) is 73.5 cm³/mol. The second-order valence-electron chi connectivity index (χ2n) is 3.96. The first-order valence-electron chi connectivity index (χ1n) is 5.58. The number of rotatable bonds is 8. The molecule has 1 aliphatic rings. The Morgan fingerprint density at radius 3 is 2.53 bits per heavy atom. The van der Waals surface area contributed by atoms with Gasteiger partial charge in [-0.2, -0.15) is 0 Å². The van der Waals surface area contributed by atoms with Crippen molar-refractivity contribution < 1.29 is 22.6 Å². The van der Waals surface area contributed by atoms with Crippen LogP contribution in [0.4, 0.5) is 0 Å². The Hall–Kier alpha value is 0.560. The van der Waals surface area contributed by atoms with Crippen LogP contribution in [-0.4, -0.2) is 63.5 Å². The Balaban J connectivity index is 2.04.